The molecule has 3 aliphatic heterocycles. The van der Waals surface area contributed by atoms with Crippen molar-refractivity contribution < 1.29 is 50.5 Å². The first-order valence-corrected chi connectivity index (χ1v) is 21.0. The topological polar surface area (TPSA) is 143 Å². The molecule has 1 N–H and O–H groups in total. The van der Waals surface area contributed by atoms with Crippen LogP contribution in [0, 0.1) is 11.8 Å². The summed E-state index contributed by atoms with van der Waals surface area (Å²) < 4.78 is 85.6. The van der Waals surface area contributed by atoms with E-state index >= 15 is 0 Å². The van der Waals surface area contributed by atoms with Crippen molar-refractivity contribution >= 4 is 45.2 Å². The van der Waals surface area contributed by atoms with Crippen molar-refractivity contribution in [1.82, 2.24) is 14.6 Å². The summed E-state index contributed by atoms with van der Waals surface area (Å²) >= 11 is 12.9. The lowest BCUT2D eigenvalue weighted by atomic mass is 9.86. The van der Waals surface area contributed by atoms with Crippen molar-refractivity contribution in [3.05, 3.63) is 111 Å². The van der Waals surface area contributed by atoms with Gasteiger partial charge >= 0.3 is 18.6 Å². The molecule has 1 aliphatic carbocycles. The first kappa shape index (κ1) is 41.6. The standard InChI is InChI=1S/C41H41Cl2F2N3O9S/c1-53-33-12-10-28(18-37(33)58(51,52)47-38(26-5-3-2-4-6-26)40(50)56-36-22-48-15-13-25(36)14-16-48)39(49)55-34(19-29-30(42)20-46-21-31(29)43)27-9-11-32(57-41(44)45)35(17-27)54-23-24-7-8-24/h2-6,9-12,17-18,20-21,24-25,34,36,38,41,47H,7-8,13-16,19,22-23H2,1H3/t34-,36-,38?/m0/s1. The van der Waals surface area contributed by atoms with Gasteiger partial charge in [0.25, 0.3) is 0 Å². The van der Waals surface area contributed by atoms with Crippen LogP contribution in [0.25, 0.3) is 0 Å². The molecular formula is C41H41Cl2F2N3O9S. The third kappa shape index (κ3) is 10.0. The lowest BCUT2D eigenvalue weighted by Gasteiger charge is -2.44. The summed E-state index contributed by atoms with van der Waals surface area (Å²) in [7, 11) is -3.33. The number of nitrogens with zero attached hydrogens (tertiary/aromatic N) is 2. The minimum atomic E-state index is -4.60. The van der Waals surface area contributed by atoms with Gasteiger partial charge in [-0.2, -0.15) is 13.5 Å². The molecule has 4 heterocycles. The van der Waals surface area contributed by atoms with Gasteiger partial charge in [-0.25, -0.2) is 18.0 Å². The van der Waals surface area contributed by atoms with Crippen LogP contribution in [0.5, 0.6) is 17.2 Å². The molecule has 1 aromatic heterocycles. The highest BCUT2D eigenvalue weighted by molar-refractivity contribution is 7.89. The Labute approximate surface area is 344 Å². The molecule has 3 aromatic carbocycles. The normalized spacial score (nSPS) is 19.9. The van der Waals surface area contributed by atoms with Gasteiger partial charge in [-0.3, -0.25) is 9.88 Å². The summed E-state index contributed by atoms with van der Waals surface area (Å²) in [6, 6.07) is 14.8. The maximum Gasteiger partial charge on any atom is 0.387 e. The molecular weight excluding hydrogens is 819 g/mol. The molecule has 1 unspecified atom stereocenters. The highest BCUT2D eigenvalue weighted by Crippen LogP contribution is 2.39. The summed E-state index contributed by atoms with van der Waals surface area (Å²) in [5.41, 5.74) is 0.865. The number of ether oxygens (including phenoxy) is 5. The summed E-state index contributed by atoms with van der Waals surface area (Å²) in [6.45, 7) is -0.417. The van der Waals surface area contributed by atoms with Crippen molar-refractivity contribution in [2.24, 2.45) is 11.8 Å². The number of piperidine rings is 3. The van der Waals surface area contributed by atoms with Crippen LogP contribution in [0.2, 0.25) is 10.0 Å². The first-order chi connectivity index (χ1) is 27.9. The van der Waals surface area contributed by atoms with E-state index in [1.54, 1.807) is 30.3 Å². The number of methoxy groups -OCH3 is 1. The van der Waals surface area contributed by atoms with E-state index in [0.29, 0.717) is 23.2 Å². The van der Waals surface area contributed by atoms with Gasteiger partial charge in [0.05, 0.1) is 29.3 Å². The predicted octanol–water partition coefficient (Wildman–Crippen LogP) is 7.59. The van der Waals surface area contributed by atoms with E-state index in [2.05, 4.69) is 14.6 Å². The fourth-order valence-electron chi connectivity index (χ4n) is 7.16. The summed E-state index contributed by atoms with van der Waals surface area (Å²) in [4.78, 5) is 33.6. The Morgan fingerprint density at radius 2 is 1.62 bits per heavy atom. The molecule has 8 rings (SSSR count). The number of hydrogen-bond donors (Lipinski definition) is 1. The van der Waals surface area contributed by atoms with Gasteiger partial charge in [-0.15, -0.1) is 0 Å². The third-order valence-corrected chi connectivity index (χ3v) is 12.6. The lowest BCUT2D eigenvalue weighted by Crippen LogP contribution is -2.52. The summed E-state index contributed by atoms with van der Waals surface area (Å²) in [5.74, 6) is -1.56. The van der Waals surface area contributed by atoms with Gasteiger partial charge in [0.1, 0.15) is 28.9 Å². The minimum Gasteiger partial charge on any atom is -0.495 e. The van der Waals surface area contributed by atoms with Crippen LogP contribution < -0.4 is 18.9 Å². The number of nitrogens with one attached hydrogen (secondary N) is 1. The zero-order chi connectivity index (χ0) is 41.0. The number of esters is 2. The molecule has 3 saturated heterocycles. The van der Waals surface area contributed by atoms with E-state index in [1.807, 2.05) is 0 Å². The van der Waals surface area contributed by atoms with Gasteiger partial charge < -0.3 is 23.7 Å². The van der Waals surface area contributed by atoms with E-state index in [0.717, 1.165) is 44.8 Å². The second-order valence-corrected chi connectivity index (χ2v) is 17.0. The molecule has 17 heteroatoms. The predicted molar refractivity (Wildman–Crippen MR) is 209 cm³/mol. The Hall–Kier alpha value is -4.54. The molecule has 2 bridgehead atoms. The number of sulfonamides is 1. The zero-order valence-electron chi connectivity index (χ0n) is 31.3. The maximum atomic E-state index is 14.2. The molecule has 4 aliphatic rings. The van der Waals surface area contributed by atoms with Gasteiger partial charge in [0.15, 0.2) is 11.5 Å². The molecule has 0 radical (unpaired) electrons. The Balaban J connectivity index is 1.18. The molecule has 4 aromatic rings. The van der Waals surface area contributed by atoms with Crippen molar-refractivity contribution in [1.29, 1.82) is 0 Å². The van der Waals surface area contributed by atoms with E-state index in [4.69, 9.17) is 46.9 Å². The Morgan fingerprint density at radius 3 is 2.26 bits per heavy atom. The number of halogens is 4. The SMILES string of the molecule is COc1ccc(C(=O)O[C@@H](Cc2c(Cl)cncc2Cl)c2ccc(OC(F)F)c(OCC3CC3)c2)cc1S(=O)(=O)NC(C(=O)O[C@H]1CN2CCC1CC2)c1ccccc1. The number of carbonyl (C=O) groups is 2. The van der Waals surface area contributed by atoms with Crippen LogP contribution in [-0.4, -0.2) is 76.3 Å². The smallest absolute Gasteiger partial charge is 0.387 e. The highest BCUT2D eigenvalue weighted by Gasteiger charge is 2.39. The third-order valence-electron chi connectivity index (χ3n) is 10.5. The number of alkyl halides is 2. The Morgan fingerprint density at radius 1 is 0.914 bits per heavy atom. The van der Waals surface area contributed by atoms with E-state index in [-0.39, 0.29) is 63.8 Å². The molecule has 12 nitrogen and oxygen atoms in total. The molecule has 4 fully saturated rings. The molecule has 1 saturated carbocycles. The van der Waals surface area contributed by atoms with Crippen molar-refractivity contribution in [2.45, 2.75) is 61.9 Å². The number of rotatable bonds is 17. The molecule has 0 amide bonds. The van der Waals surface area contributed by atoms with Crippen molar-refractivity contribution in [2.75, 3.05) is 33.4 Å². The monoisotopic (exact) mass is 859 g/mol. The average Bonchev–Trinajstić information content (AvgIpc) is 4.05. The fraction of sp³-hybridized carbons (Fsp3) is 0.390. The number of carbonyl (C=O) groups excluding carboxylic acids is 2. The van der Waals surface area contributed by atoms with Crippen molar-refractivity contribution in [3.8, 4) is 17.2 Å². The minimum absolute atomic E-state index is 0.0153. The average molecular weight is 861 g/mol. The van der Waals surface area contributed by atoms with Crippen LogP contribution >= 0.6 is 23.2 Å². The van der Waals surface area contributed by atoms with Crippen molar-refractivity contribution in [3.63, 3.8) is 0 Å². The number of aromatic nitrogens is 1. The quantitative estimate of drug-likeness (QED) is 0.105. The van der Waals surface area contributed by atoms with E-state index in [9.17, 15) is 26.8 Å². The molecule has 3 atom stereocenters. The lowest BCUT2D eigenvalue weighted by molar-refractivity contribution is -0.161. The molecule has 0 spiro atoms. The largest absolute Gasteiger partial charge is 0.495 e. The van der Waals surface area contributed by atoms with Crippen LogP contribution in [-0.2, 0) is 30.7 Å². The summed E-state index contributed by atoms with van der Waals surface area (Å²) in [6.07, 6.45) is 4.77. The number of benzene rings is 3. The van der Waals surface area contributed by atoms with Crippen LogP contribution in [0.4, 0.5) is 8.78 Å². The maximum absolute atomic E-state index is 14.2. The Bertz CT molecular complexity index is 2210. The number of hydrogen-bond acceptors (Lipinski definition) is 11. The van der Waals surface area contributed by atoms with Gasteiger partial charge in [0.2, 0.25) is 10.0 Å². The highest BCUT2D eigenvalue weighted by atomic mass is 35.5. The Kier molecular flexibility index (Phi) is 13.0. The van der Waals surface area contributed by atoms with Gasteiger partial charge in [-0.1, -0.05) is 59.6 Å². The van der Waals surface area contributed by atoms with Crippen LogP contribution in [0.15, 0.2) is 84.0 Å². The first-order valence-electron chi connectivity index (χ1n) is 18.8. The van der Waals surface area contributed by atoms with Gasteiger partial charge in [0, 0.05) is 25.4 Å². The van der Waals surface area contributed by atoms with Crippen LogP contribution in [0.1, 0.15) is 64.9 Å². The molecule has 58 heavy (non-hydrogen) atoms. The second kappa shape index (κ2) is 18.2. The molecule has 308 valence electrons. The van der Waals surface area contributed by atoms with E-state index < -0.39 is 45.6 Å². The number of pyridine rings is 1. The summed E-state index contributed by atoms with van der Waals surface area (Å²) in [5, 5.41) is 0.362. The van der Waals surface area contributed by atoms with Crippen LogP contribution in [0.3, 0.4) is 0 Å². The second-order valence-electron chi connectivity index (χ2n) is 14.5. The zero-order valence-corrected chi connectivity index (χ0v) is 33.7. The fourth-order valence-corrected chi connectivity index (χ4v) is 9.04. The van der Waals surface area contributed by atoms with Gasteiger partial charge in [-0.05, 0) is 97.6 Å². The number of fused-ring (bicyclic) bond motifs is 3. The van der Waals surface area contributed by atoms with E-state index in [1.165, 1.54) is 49.8 Å².